The first-order valence-electron chi connectivity index (χ1n) is 6.11. The van der Waals surface area contributed by atoms with Crippen LogP contribution in [0.25, 0.3) is 0 Å². The SMILES string of the molecule is COc1cc(Br)c([C@@H]2OC(=O)[C@@H](C)[C@H]2C)cc1OC. The maximum Gasteiger partial charge on any atom is 0.309 e. The molecule has 1 fully saturated rings. The van der Waals surface area contributed by atoms with Crippen LogP contribution in [0.4, 0.5) is 0 Å². The number of carbonyl (C=O) groups is 1. The lowest BCUT2D eigenvalue weighted by Crippen LogP contribution is -2.10. The number of methoxy groups -OCH3 is 2. The minimum atomic E-state index is -0.253. The molecule has 0 amide bonds. The van der Waals surface area contributed by atoms with Gasteiger partial charge in [-0.3, -0.25) is 4.79 Å². The van der Waals surface area contributed by atoms with E-state index in [4.69, 9.17) is 14.2 Å². The van der Waals surface area contributed by atoms with Gasteiger partial charge in [0.25, 0.3) is 0 Å². The van der Waals surface area contributed by atoms with Crippen molar-refractivity contribution >= 4 is 21.9 Å². The van der Waals surface area contributed by atoms with Crippen molar-refractivity contribution in [1.29, 1.82) is 0 Å². The zero-order valence-corrected chi connectivity index (χ0v) is 13.0. The maximum atomic E-state index is 11.7. The molecule has 0 radical (unpaired) electrons. The Morgan fingerprint density at radius 3 is 2.21 bits per heavy atom. The molecule has 0 N–H and O–H groups in total. The quantitative estimate of drug-likeness (QED) is 0.798. The lowest BCUT2D eigenvalue weighted by molar-refractivity contribution is -0.144. The van der Waals surface area contributed by atoms with Crippen molar-refractivity contribution in [3.8, 4) is 11.5 Å². The van der Waals surface area contributed by atoms with E-state index < -0.39 is 0 Å². The Morgan fingerprint density at radius 2 is 1.74 bits per heavy atom. The van der Waals surface area contributed by atoms with E-state index in [1.54, 1.807) is 14.2 Å². The molecule has 104 valence electrons. The van der Waals surface area contributed by atoms with Crippen LogP contribution in [0.15, 0.2) is 16.6 Å². The molecule has 0 bridgehead atoms. The predicted octanol–water partition coefficient (Wildman–Crippen LogP) is 3.34. The molecule has 0 aliphatic carbocycles. The van der Waals surface area contributed by atoms with Gasteiger partial charge in [-0.05, 0) is 12.1 Å². The van der Waals surface area contributed by atoms with Crippen molar-refractivity contribution in [2.75, 3.05) is 14.2 Å². The van der Waals surface area contributed by atoms with Gasteiger partial charge in [-0.25, -0.2) is 0 Å². The van der Waals surface area contributed by atoms with E-state index in [0.29, 0.717) is 11.5 Å². The van der Waals surface area contributed by atoms with Crippen LogP contribution in [0.1, 0.15) is 25.5 Å². The minimum absolute atomic E-state index is 0.0926. The highest BCUT2D eigenvalue weighted by Crippen LogP contribution is 2.44. The summed E-state index contributed by atoms with van der Waals surface area (Å²) >= 11 is 3.50. The molecule has 1 aliphatic heterocycles. The van der Waals surface area contributed by atoms with Gasteiger partial charge in [0.05, 0.1) is 20.1 Å². The van der Waals surface area contributed by atoms with Crippen LogP contribution < -0.4 is 9.47 Å². The second-order valence-corrected chi connectivity index (χ2v) is 5.59. The number of rotatable bonds is 3. The highest BCUT2D eigenvalue weighted by atomic mass is 79.9. The topological polar surface area (TPSA) is 44.8 Å². The normalized spacial score (nSPS) is 26.2. The summed E-state index contributed by atoms with van der Waals surface area (Å²) < 4.78 is 16.8. The molecule has 1 aliphatic rings. The summed E-state index contributed by atoms with van der Waals surface area (Å²) in [4.78, 5) is 11.7. The van der Waals surface area contributed by atoms with Gasteiger partial charge in [-0.1, -0.05) is 29.8 Å². The molecule has 1 aromatic rings. The van der Waals surface area contributed by atoms with E-state index in [1.807, 2.05) is 26.0 Å². The number of benzene rings is 1. The van der Waals surface area contributed by atoms with Crippen LogP contribution in [0.3, 0.4) is 0 Å². The zero-order valence-electron chi connectivity index (χ0n) is 11.4. The molecule has 4 nitrogen and oxygen atoms in total. The van der Waals surface area contributed by atoms with Gasteiger partial charge in [0.15, 0.2) is 11.5 Å². The fraction of sp³-hybridized carbons (Fsp3) is 0.500. The Hall–Kier alpha value is -1.23. The summed E-state index contributed by atoms with van der Waals surface area (Å²) in [6, 6.07) is 3.69. The summed E-state index contributed by atoms with van der Waals surface area (Å²) in [5, 5.41) is 0. The largest absolute Gasteiger partial charge is 0.493 e. The van der Waals surface area contributed by atoms with Gasteiger partial charge >= 0.3 is 5.97 Å². The molecule has 1 heterocycles. The van der Waals surface area contributed by atoms with E-state index >= 15 is 0 Å². The highest BCUT2D eigenvalue weighted by molar-refractivity contribution is 9.10. The van der Waals surface area contributed by atoms with Crippen molar-refractivity contribution in [3.05, 3.63) is 22.2 Å². The van der Waals surface area contributed by atoms with E-state index in [-0.39, 0.29) is 23.9 Å². The number of hydrogen-bond acceptors (Lipinski definition) is 4. The van der Waals surface area contributed by atoms with E-state index in [0.717, 1.165) is 10.0 Å². The Morgan fingerprint density at radius 1 is 1.16 bits per heavy atom. The summed E-state index contributed by atoms with van der Waals surface area (Å²) in [6.07, 6.45) is -0.253. The molecule has 3 atom stereocenters. The summed E-state index contributed by atoms with van der Waals surface area (Å²) in [6.45, 7) is 3.91. The molecule has 19 heavy (non-hydrogen) atoms. The van der Waals surface area contributed by atoms with Gasteiger partial charge < -0.3 is 14.2 Å². The van der Waals surface area contributed by atoms with Gasteiger partial charge in [0, 0.05) is 16.0 Å². The standard InChI is InChI=1S/C14H17BrO4/c1-7-8(2)14(16)19-13(7)9-5-11(17-3)12(18-4)6-10(9)15/h5-8,13H,1-4H3/t7-,8+,13-/m1/s1. The molecular formula is C14H17BrO4. The average molecular weight is 329 g/mol. The van der Waals surface area contributed by atoms with Gasteiger partial charge in [-0.15, -0.1) is 0 Å². The van der Waals surface area contributed by atoms with Crippen molar-refractivity contribution in [1.82, 2.24) is 0 Å². The highest BCUT2D eigenvalue weighted by Gasteiger charge is 2.40. The van der Waals surface area contributed by atoms with Crippen molar-refractivity contribution < 1.29 is 19.0 Å². The number of cyclic esters (lactones) is 1. The molecular weight excluding hydrogens is 312 g/mol. The number of esters is 1. The fourth-order valence-corrected chi connectivity index (χ4v) is 2.80. The summed E-state index contributed by atoms with van der Waals surface area (Å²) in [5.41, 5.74) is 0.905. The van der Waals surface area contributed by atoms with E-state index in [9.17, 15) is 4.79 Å². The van der Waals surface area contributed by atoms with Gasteiger partial charge in [-0.2, -0.15) is 0 Å². The summed E-state index contributed by atoms with van der Waals surface area (Å²) in [7, 11) is 3.17. The molecule has 2 rings (SSSR count). The lowest BCUT2D eigenvalue weighted by Gasteiger charge is -2.19. The predicted molar refractivity (Wildman–Crippen MR) is 74.4 cm³/mol. The molecule has 0 spiro atoms. The second kappa shape index (κ2) is 5.41. The van der Waals surface area contributed by atoms with Crippen molar-refractivity contribution in [2.24, 2.45) is 11.8 Å². The second-order valence-electron chi connectivity index (χ2n) is 4.73. The Labute approximate surface area is 121 Å². The molecule has 1 saturated heterocycles. The smallest absolute Gasteiger partial charge is 0.309 e. The van der Waals surface area contributed by atoms with Crippen LogP contribution in [0, 0.1) is 11.8 Å². The zero-order chi connectivity index (χ0) is 14.2. The van der Waals surface area contributed by atoms with Crippen LogP contribution in [-0.4, -0.2) is 20.2 Å². The van der Waals surface area contributed by atoms with Crippen molar-refractivity contribution in [3.63, 3.8) is 0 Å². The van der Waals surface area contributed by atoms with E-state index in [2.05, 4.69) is 15.9 Å². The monoisotopic (exact) mass is 328 g/mol. The Bertz CT molecular complexity index is 500. The summed E-state index contributed by atoms with van der Waals surface area (Å²) in [5.74, 6) is 1.15. The lowest BCUT2D eigenvalue weighted by atomic mass is 9.90. The number of carbonyl (C=O) groups excluding carboxylic acids is 1. The van der Waals surface area contributed by atoms with Gasteiger partial charge in [0.2, 0.25) is 0 Å². The third-order valence-electron chi connectivity index (χ3n) is 3.69. The average Bonchev–Trinajstić information content (AvgIpc) is 2.66. The van der Waals surface area contributed by atoms with Crippen molar-refractivity contribution in [2.45, 2.75) is 20.0 Å². The number of ether oxygens (including phenoxy) is 3. The molecule has 0 unspecified atom stereocenters. The first-order valence-corrected chi connectivity index (χ1v) is 6.90. The van der Waals surface area contributed by atoms with Crippen LogP contribution in [0.5, 0.6) is 11.5 Å². The first-order chi connectivity index (χ1) is 8.99. The Kier molecular flexibility index (Phi) is 4.04. The van der Waals surface area contributed by atoms with Gasteiger partial charge in [0.1, 0.15) is 6.10 Å². The molecule has 5 heteroatoms. The molecule has 1 aromatic carbocycles. The first kappa shape index (κ1) is 14.2. The van der Waals surface area contributed by atoms with Crippen LogP contribution in [0.2, 0.25) is 0 Å². The van der Waals surface area contributed by atoms with Crippen LogP contribution in [-0.2, 0) is 9.53 Å². The number of hydrogen-bond donors (Lipinski definition) is 0. The van der Waals surface area contributed by atoms with E-state index in [1.165, 1.54) is 0 Å². The molecule has 0 saturated carbocycles. The fourth-order valence-electron chi connectivity index (χ4n) is 2.25. The Balaban J connectivity index is 2.43. The number of halogens is 1. The maximum absolute atomic E-state index is 11.7. The minimum Gasteiger partial charge on any atom is -0.493 e. The van der Waals surface area contributed by atoms with Crippen LogP contribution >= 0.6 is 15.9 Å². The third-order valence-corrected chi connectivity index (χ3v) is 4.38. The third kappa shape index (κ3) is 2.43. The molecule has 0 aromatic heterocycles.